The average molecular weight is 425 g/mol. The number of benzene rings is 4. The summed E-state index contributed by atoms with van der Waals surface area (Å²) in [6.07, 6.45) is 0.454. The third-order valence-corrected chi connectivity index (χ3v) is 9.97. The van der Waals surface area contributed by atoms with Gasteiger partial charge in [-0.2, -0.15) is 0 Å². The van der Waals surface area contributed by atoms with Crippen LogP contribution < -0.4 is 20.8 Å². The summed E-state index contributed by atoms with van der Waals surface area (Å²) in [7, 11) is 1.89. The highest BCUT2D eigenvalue weighted by atomic mass is 31.2. The highest BCUT2D eigenvalue weighted by Gasteiger charge is 2.49. The van der Waals surface area contributed by atoms with Crippen molar-refractivity contribution in [2.24, 2.45) is 0 Å². The van der Waals surface area contributed by atoms with Gasteiger partial charge in [0.05, 0.1) is 5.69 Å². The summed E-state index contributed by atoms with van der Waals surface area (Å²) in [4.78, 5) is 15.8. The Morgan fingerprint density at radius 3 is 1.61 bits per heavy atom. The first kappa shape index (κ1) is 21.0. The van der Waals surface area contributed by atoms with Crippen LogP contribution in [0.2, 0.25) is 0 Å². The molecule has 4 aromatic rings. The molecule has 0 saturated carbocycles. The van der Waals surface area contributed by atoms with Crippen LogP contribution >= 0.6 is 7.26 Å². The molecule has 0 aliphatic rings. The predicted octanol–water partition coefficient (Wildman–Crippen LogP) is 4.93. The van der Waals surface area contributed by atoms with E-state index in [0.29, 0.717) is 6.16 Å². The van der Waals surface area contributed by atoms with E-state index < -0.39 is 7.26 Å². The van der Waals surface area contributed by atoms with Gasteiger partial charge in [-0.15, -0.1) is 0 Å². The van der Waals surface area contributed by atoms with Crippen LogP contribution in [0.4, 0.5) is 5.69 Å². The van der Waals surface area contributed by atoms with Crippen LogP contribution in [0.1, 0.15) is 10.4 Å². The highest BCUT2D eigenvalue weighted by Crippen LogP contribution is 2.57. The van der Waals surface area contributed by atoms with Crippen LogP contribution in [0.15, 0.2) is 115 Å². The third kappa shape index (κ3) is 4.17. The zero-order chi connectivity index (χ0) is 21.7. The van der Waals surface area contributed by atoms with Crippen LogP contribution in [0.25, 0.3) is 0 Å². The first-order valence-electron chi connectivity index (χ1n) is 10.5. The molecule has 0 aliphatic carbocycles. The molecule has 31 heavy (non-hydrogen) atoms. The molecule has 0 N–H and O–H groups in total. The summed E-state index contributed by atoms with van der Waals surface area (Å²) in [5.74, 6) is 0.176. The van der Waals surface area contributed by atoms with E-state index in [-0.39, 0.29) is 5.78 Å². The lowest BCUT2D eigenvalue weighted by atomic mass is 10.2. The molecule has 0 unspecified atom stereocenters. The first-order valence-corrected chi connectivity index (χ1v) is 12.4. The van der Waals surface area contributed by atoms with Gasteiger partial charge < -0.3 is 4.90 Å². The Bertz CT molecular complexity index is 1100. The summed E-state index contributed by atoms with van der Waals surface area (Å²) < 4.78 is 0. The quantitative estimate of drug-likeness (QED) is 0.310. The van der Waals surface area contributed by atoms with Gasteiger partial charge in [-0.05, 0) is 36.4 Å². The molecular formula is C28H27NOP+. The highest BCUT2D eigenvalue weighted by molar-refractivity contribution is 7.96. The minimum atomic E-state index is -2.26. The maximum absolute atomic E-state index is 13.7. The third-order valence-electron chi connectivity index (χ3n) is 5.65. The zero-order valence-corrected chi connectivity index (χ0v) is 18.9. The first-order chi connectivity index (χ1) is 15.1. The maximum atomic E-state index is 13.7. The molecule has 0 saturated heterocycles. The molecule has 0 atom stereocenters. The van der Waals surface area contributed by atoms with E-state index in [1.165, 1.54) is 15.9 Å². The van der Waals surface area contributed by atoms with Gasteiger partial charge in [0.1, 0.15) is 29.3 Å². The van der Waals surface area contributed by atoms with E-state index in [1.54, 1.807) is 0 Å². The molecular weight excluding hydrogens is 397 g/mol. The monoisotopic (exact) mass is 424 g/mol. The van der Waals surface area contributed by atoms with Crippen LogP contribution in [0.3, 0.4) is 0 Å². The summed E-state index contributed by atoms with van der Waals surface area (Å²) in [6.45, 7) is 0. The van der Waals surface area contributed by atoms with Gasteiger partial charge in [0.25, 0.3) is 0 Å². The fourth-order valence-electron chi connectivity index (χ4n) is 4.16. The second-order valence-corrected chi connectivity index (χ2v) is 11.3. The van der Waals surface area contributed by atoms with E-state index in [9.17, 15) is 4.79 Å². The van der Waals surface area contributed by atoms with Crippen molar-refractivity contribution in [2.75, 3.05) is 25.2 Å². The molecule has 0 aliphatic heterocycles. The van der Waals surface area contributed by atoms with Crippen molar-refractivity contribution in [1.29, 1.82) is 0 Å². The van der Waals surface area contributed by atoms with Gasteiger partial charge >= 0.3 is 0 Å². The van der Waals surface area contributed by atoms with Gasteiger partial charge in [-0.3, -0.25) is 4.79 Å². The lowest BCUT2D eigenvalue weighted by Gasteiger charge is -2.30. The molecule has 154 valence electrons. The summed E-state index contributed by atoms with van der Waals surface area (Å²) in [5.41, 5.74) is 1.92. The zero-order valence-electron chi connectivity index (χ0n) is 18.0. The second kappa shape index (κ2) is 9.29. The Morgan fingerprint density at radius 1 is 0.645 bits per heavy atom. The summed E-state index contributed by atoms with van der Waals surface area (Å²) >= 11 is 0. The van der Waals surface area contributed by atoms with E-state index in [4.69, 9.17) is 0 Å². The molecule has 0 aromatic heterocycles. The predicted molar refractivity (Wildman–Crippen MR) is 135 cm³/mol. The Kier molecular flexibility index (Phi) is 6.30. The topological polar surface area (TPSA) is 20.3 Å². The number of anilines is 1. The van der Waals surface area contributed by atoms with Crippen molar-refractivity contribution >= 4 is 34.6 Å². The number of hydrogen-bond acceptors (Lipinski definition) is 2. The smallest absolute Gasteiger partial charge is 0.201 e. The summed E-state index contributed by atoms with van der Waals surface area (Å²) in [6, 6.07) is 39.4. The standard InChI is InChI=1S/C28H27NOP/c1-29(2)26-20-12-13-21-28(26)31(24-16-8-4-9-17-24,25-18-10-5-11-19-25)22-27(30)23-14-6-3-7-15-23/h3-21H,22H2,1-2H3/q+1. The number of carbonyl (C=O) groups is 1. The maximum Gasteiger partial charge on any atom is 0.201 e. The van der Waals surface area contributed by atoms with Crippen LogP contribution in [-0.2, 0) is 0 Å². The lowest BCUT2D eigenvalue weighted by Crippen LogP contribution is -2.38. The number of hydrogen-bond donors (Lipinski definition) is 0. The number of nitrogens with zero attached hydrogens (tertiary/aromatic N) is 1. The minimum absolute atomic E-state index is 0.176. The normalized spacial score (nSPS) is 11.2. The van der Waals surface area contributed by atoms with Crippen molar-refractivity contribution in [2.45, 2.75) is 0 Å². The van der Waals surface area contributed by atoms with E-state index in [2.05, 4.69) is 91.8 Å². The van der Waals surface area contributed by atoms with Crippen LogP contribution in [0, 0.1) is 0 Å². The van der Waals surface area contributed by atoms with Crippen molar-refractivity contribution in [3.05, 3.63) is 121 Å². The average Bonchev–Trinajstić information content (AvgIpc) is 2.84. The van der Waals surface area contributed by atoms with Gasteiger partial charge in [-0.1, -0.05) is 78.9 Å². The van der Waals surface area contributed by atoms with E-state index in [1.807, 2.05) is 42.5 Å². The van der Waals surface area contributed by atoms with E-state index in [0.717, 1.165) is 11.3 Å². The van der Waals surface area contributed by atoms with Gasteiger partial charge in [0, 0.05) is 19.7 Å². The van der Waals surface area contributed by atoms with Crippen LogP contribution in [0.5, 0.6) is 0 Å². The molecule has 0 radical (unpaired) electrons. The molecule has 2 nitrogen and oxygen atoms in total. The van der Waals surface area contributed by atoms with Gasteiger partial charge in [-0.25, -0.2) is 0 Å². The Balaban J connectivity index is 2.02. The van der Waals surface area contributed by atoms with Crippen molar-refractivity contribution in [3.8, 4) is 0 Å². The molecule has 0 heterocycles. The number of carbonyl (C=O) groups excluding carboxylic acids is 1. The van der Waals surface area contributed by atoms with Gasteiger partial charge in [0.2, 0.25) is 5.78 Å². The Hall–Kier alpha value is -3.22. The molecule has 3 heteroatoms. The van der Waals surface area contributed by atoms with Gasteiger partial charge in [0.15, 0.2) is 0 Å². The number of ketones is 1. The van der Waals surface area contributed by atoms with Crippen molar-refractivity contribution in [1.82, 2.24) is 0 Å². The fourth-order valence-corrected chi connectivity index (χ4v) is 8.53. The number of Topliss-reactive ketones (excluding diaryl/α,β-unsaturated/α-hetero) is 1. The fraction of sp³-hybridized carbons (Fsp3) is 0.107. The molecule has 4 aromatic carbocycles. The number of para-hydroxylation sites is 1. The SMILES string of the molecule is CN(C)c1ccccc1[P+](CC(=O)c1ccccc1)(c1ccccc1)c1ccccc1. The molecule has 0 amide bonds. The Labute approximate surface area is 185 Å². The second-order valence-electron chi connectivity index (χ2n) is 7.81. The van der Waals surface area contributed by atoms with Crippen molar-refractivity contribution in [3.63, 3.8) is 0 Å². The molecule has 0 spiro atoms. The largest absolute Gasteiger partial charge is 0.374 e. The summed E-state index contributed by atoms with van der Waals surface area (Å²) in [5, 5.41) is 3.68. The molecule has 4 rings (SSSR count). The minimum Gasteiger partial charge on any atom is -0.374 e. The van der Waals surface area contributed by atoms with Crippen molar-refractivity contribution < 1.29 is 4.79 Å². The van der Waals surface area contributed by atoms with E-state index >= 15 is 0 Å². The lowest BCUT2D eigenvalue weighted by molar-refractivity contribution is 0.102. The molecule has 0 fully saturated rings. The Morgan fingerprint density at radius 2 is 1.10 bits per heavy atom. The molecule has 0 bridgehead atoms. The van der Waals surface area contributed by atoms with Crippen LogP contribution in [-0.4, -0.2) is 26.0 Å². The number of rotatable bonds is 7.